The van der Waals surface area contributed by atoms with Crippen molar-refractivity contribution in [2.45, 2.75) is 13.8 Å². The van der Waals surface area contributed by atoms with E-state index in [-0.39, 0.29) is 0 Å². The van der Waals surface area contributed by atoms with Crippen molar-refractivity contribution in [3.63, 3.8) is 0 Å². The zero-order valence-electron chi connectivity index (χ0n) is 16.3. The topological polar surface area (TPSA) is 22.1 Å². The van der Waals surface area contributed by atoms with E-state index >= 15 is 0 Å². The van der Waals surface area contributed by atoms with Crippen LogP contribution in [0, 0.1) is 25.5 Å². The highest BCUT2D eigenvalue weighted by Gasteiger charge is 2.16. The lowest BCUT2D eigenvalue weighted by Gasteiger charge is -2.06. The summed E-state index contributed by atoms with van der Waals surface area (Å²) in [7, 11) is 1.48. The van der Waals surface area contributed by atoms with Gasteiger partial charge in [0.25, 0.3) is 0 Å². The summed E-state index contributed by atoms with van der Waals surface area (Å²) in [6, 6.07) is 12.4. The number of benzene rings is 2. The maximum Gasteiger partial charge on any atom is 0.134 e. The number of rotatable bonds is 4. The third kappa shape index (κ3) is 3.78. The maximum absolute atomic E-state index is 14.5. The van der Waals surface area contributed by atoms with Gasteiger partial charge >= 0.3 is 0 Å². The molecule has 2 heterocycles. The van der Waals surface area contributed by atoms with Crippen LogP contribution >= 0.6 is 11.3 Å². The van der Waals surface area contributed by atoms with E-state index in [4.69, 9.17) is 4.74 Å². The minimum Gasteiger partial charge on any atom is -0.504 e. The van der Waals surface area contributed by atoms with Crippen LogP contribution in [0.4, 0.5) is 8.78 Å². The first-order chi connectivity index (χ1) is 14.0. The number of aryl methyl sites for hydroxylation is 2. The summed E-state index contributed by atoms with van der Waals surface area (Å²) in [6.45, 7) is 4.11. The fourth-order valence-electron chi connectivity index (χ4n) is 3.51. The van der Waals surface area contributed by atoms with Crippen LogP contribution in [0.3, 0.4) is 0 Å². The maximum atomic E-state index is 14.5. The van der Waals surface area contributed by atoms with E-state index in [0.717, 1.165) is 43.4 Å². The van der Waals surface area contributed by atoms with Crippen LogP contribution in [0.5, 0.6) is 0 Å². The van der Waals surface area contributed by atoms with E-state index in [1.165, 1.54) is 36.9 Å². The number of fused-ring (bicyclic) bond motifs is 1. The van der Waals surface area contributed by atoms with Crippen molar-refractivity contribution >= 4 is 27.5 Å². The fraction of sp³-hybridized carbons (Fsp3) is 0.125. The Labute approximate surface area is 172 Å². The predicted octanol–water partition coefficient (Wildman–Crippen LogP) is 7.14. The van der Waals surface area contributed by atoms with E-state index in [1.807, 2.05) is 12.1 Å². The summed E-state index contributed by atoms with van der Waals surface area (Å²) < 4.78 is 34.4. The zero-order valence-corrected chi connectivity index (χ0v) is 17.1. The Morgan fingerprint density at radius 3 is 2.48 bits per heavy atom. The first-order valence-corrected chi connectivity index (χ1v) is 9.94. The number of ether oxygens (including phenoxy) is 1. The molecule has 0 radical (unpaired) electrons. The van der Waals surface area contributed by atoms with Crippen LogP contribution in [0.15, 0.2) is 54.9 Å². The average molecular weight is 407 g/mol. The molecule has 0 spiro atoms. The van der Waals surface area contributed by atoms with Gasteiger partial charge in [0, 0.05) is 33.8 Å². The number of hydrogen-bond donors (Lipinski definition) is 0. The van der Waals surface area contributed by atoms with Crippen LogP contribution in [0.25, 0.3) is 37.9 Å². The second kappa shape index (κ2) is 7.76. The lowest BCUT2D eigenvalue weighted by molar-refractivity contribution is 0.341. The fourth-order valence-corrected chi connectivity index (χ4v) is 4.71. The molecule has 5 heteroatoms. The van der Waals surface area contributed by atoms with Gasteiger partial charge in [0.1, 0.15) is 11.6 Å². The number of methoxy groups -OCH3 is 1. The van der Waals surface area contributed by atoms with Crippen molar-refractivity contribution in [2.75, 3.05) is 7.11 Å². The second-order valence-corrected chi connectivity index (χ2v) is 8.00. The summed E-state index contributed by atoms with van der Waals surface area (Å²) in [6.07, 6.45) is 4.66. The Morgan fingerprint density at radius 1 is 1.00 bits per heavy atom. The number of thiophene rings is 1. The summed E-state index contributed by atoms with van der Waals surface area (Å²) in [5.41, 5.74) is 5.01. The molecule has 2 aromatic carbocycles. The van der Waals surface area contributed by atoms with E-state index < -0.39 is 11.6 Å². The molecule has 4 aromatic rings. The molecule has 0 amide bonds. The first kappa shape index (κ1) is 19.3. The quantitative estimate of drug-likeness (QED) is 0.335. The first-order valence-electron chi connectivity index (χ1n) is 9.12. The molecule has 146 valence electrons. The van der Waals surface area contributed by atoms with Crippen molar-refractivity contribution in [3.8, 4) is 21.7 Å². The average Bonchev–Trinajstić information content (AvgIpc) is 3.10. The van der Waals surface area contributed by atoms with Gasteiger partial charge in [0.15, 0.2) is 0 Å². The Bertz CT molecular complexity index is 1220. The van der Waals surface area contributed by atoms with Crippen molar-refractivity contribution in [2.24, 2.45) is 0 Å². The summed E-state index contributed by atoms with van der Waals surface area (Å²) in [5.74, 6) is -1.24. The molecule has 0 bridgehead atoms. The number of hydrogen-bond acceptors (Lipinski definition) is 3. The molecule has 2 nitrogen and oxygen atoms in total. The monoisotopic (exact) mass is 407 g/mol. The minimum absolute atomic E-state index is 0.292. The van der Waals surface area contributed by atoms with Crippen molar-refractivity contribution in [1.29, 1.82) is 0 Å². The lowest BCUT2D eigenvalue weighted by Crippen LogP contribution is -1.90. The van der Waals surface area contributed by atoms with Crippen LogP contribution in [0.2, 0.25) is 0 Å². The van der Waals surface area contributed by atoms with E-state index in [1.54, 1.807) is 6.20 Å². The van der Waals surface area contributed by atoms with Gasteiger partial charge in [-0.25, -0.2) is 8.78 Å². The Kier molecular flexibility index (Phi) is 5.16. The smallest absolute Gasteiger partial charge is 0.134 e. The molecule has 0 saturated heterocycles. The molecule has 0 fully saturated rings. The Balaban J connectivity index is 1.93. The zero-order chi connectivity index (χ0) is 20.5. The predicted molar refractivity (Wildman–Crippen MR) is 116 cm³/mol. The van der Waals surface area contributed by atoms with Crippen molar-refractivity contribution in [3.05, 3.63) is 83.2 Å². The third-order valence-electron chi connectivity index (χ3n) is 4.66. The largest absolute Gasteiger partial charge is 0.504 e. The lowest BCUT2D eigenvalue weighted by atomic mass is 10.0. The van der Waals surface area contributed by atoms with Gasteiger partial charge in [0.2, 0.25) is 0 Å². The number of pyridine rings is 1. The molecule has 4 rings (SSSR count). The molecular formula is C24H19F2NOS. The number of aromatic nitrogens is 1. The highest BCUT2D eigenvalue weighted by atomic mass is 32.1. The van der Waals surface area contributed by atoms with Crippen LogP contribution in [-0.4, -0.2) is 12.1 Å². The molecule has 0 unspecified atom stereocenters. The van der Waals surface area contributed by atoms with Crippen molar-refractivity contribution < 1.29 is 13.5 Å². The molecule has 0 N–H and O–H groups in total. The summed E-state index contributed by atoms with van der Waals surface area (Å²) >= 11 is 1.48. The minimum atomic E-state index is -0.626. The summed E-state index contributed by atoms with van der Waals surface area (Å²) in [5, 5.41) is 0.987. The second-order valence-electron chi connectivity index (χ2n) is 6.95. The SMILES string of the molecule is CO/C=C/c1c(F)cc(F)cc1-c1cc2ccnc(-c3cc(C)cc(C)c3)c2s1. The molecule has 0 atom stereocenters. The number of nitrogens with zero attached hydrogens (tertiary/aromatic N) is 1. The normalized spacial score (nSPS) is 11.5. The van der Waals surface area contributed by atoms with Crippen LogP contribution in [-0.2, 0) is 4.74 Å². The van der Waals surface area contributed by atoms with Gasteiger partial charge in [0.05, 0.1) is 23.8 Å². The van der Waals surface area contributed by atoms with Crippen LogP contribution in [0.1, 0.15) is 16.7 Å². The summed E-state index contributed by atoms with van der Waals surface area (Å²) in [4.78, 5) is 5.37. The molecule has 0 aliphatic rings. The highest BCUT2D eigenvalue weighted by Crippen LogP contribution is 2.40. The van der Waals surface area contributed by atoms with Gasteiger partial charge in [-0.1, -0.05) is 17.2 Å². The standard InChI is InChI=1S/C24H19F2NOS/c1-14-8-15(2)10-17(9-14)23-24-16(4-6-27-23)11-22(29-24)20-12-18(25)13-21(26)19(20)5-7-28-3/h4-13H,1-3H3/b7-5+. The molecular weight excluding hydrogens is 388 g/mol. The van der Waals surface area contributed by atoms with E-state index in [2.05, 4.69) is 37.0 Å². The Morgan fingerprint density at radius 2 is 1.76 bits per heavy atom. The molecule has 0 aliphatic heterocycles. The van der Waals surface area contributed by atoms with Gasteiger partial charge in [-0.3, -0.25) is 4.98 Å². The molecule has 0 aliphatic carbocycles. The van der Waals surface area contributed by atoms with Gasteiger partial charge in [-0.15, -0.1) is 11.3 Å². The van der Waals surface area contributed by atoms with Gasteiger partial charge in [-0.05, 0) is 55.6 Å². The molecule has 2 aromatic heterocycles. The number of halogens is 2. The Hall–Kier alpha value is -3.05. The van der Waals surface area contributed by atoms with Gasteiger partial charge < -0.3 is 4.74 Å². The van der Waals surface area contributed by atoms with E-state index in [9.17, 15) is 8.78 Å². The highest BCUT2D eigenvalue weighted by molar-refractivity contribution is 7.22. The third-order valence-corrected chi connectivity index (χ3v) is 5.85. The molecule has 29 heavy (non-hydrogen) atoms. The van der Waals surface area contributed by atoms with Gasteiger partial charge in [-0.2, -0.15) is 0 Å². The van der Waals surface area contributed by atoms with Crippen molar-refractivity contribution in [1.82, 2.24) is 4.98 Å². The van der Waals surface area contributed by atoms with E-state index in [0.29, 0.717) is 11.1 Å². The van der Waals surface area contributed by atoms with Crippen LogP contribution < -0.4 is 0 Å². The molecule has 0 saturated carbocycles.